The average Bonchev–Trinajstić information content (AvgIpc) is 2.89. The van der Waals surface area contributed by atoms with Crippen molar-refractivity contribution >= 4 is 34.1 Å². The maximum absolute atomic E-state index is 9.04. The summed E-state index contributed by atoms with van der Waals surface area (Å²) in [5.74, 6) is 2.68. The van der Waals surface area contributed by atoms with Gasteiger partial charge in [-0.15, -0.1) is 0 Å². The molecule has 0 aliphatic carbocycles. The Kier molecular flexibility index (Phi) is 9.90. The molecule has 1 aliphatic rings. The van der Waals surface area contributed by atoms with E-state index < -0.39 is 0 Å². The molecule has 0 spiro atoms. The van der Waals surface area contributed by atoms with Crippen molar-refractivity contribution < 1.29 is 5.11 Å². The van der Waals surface area contributed by atoms with E-state index in [1.807, 2.05) is 30.5 Å². The standard InChI is InChI=1S/C27H37ClN6O/c28-21-12-13-22-23(14-16-30-24(22)20-21)29-15-6-1-4-10-25-31-26(11-5-2-9-19-35)33-27(32-25)34-17-7-3-8-18-34/h12-14,16,20,35H,1-11,15,17-19H2,(H,29,30). The van der Waals surface area contributed by atoms with E-state index in [1.165, 1.54) is 19.3 Å². The largest absolute Gasteiger partial charge is 0.396 e. The predicted molar refractivity (Wildman–Crippen MR) is 143 cm³/mol. The van der Waals surface area contributed by atoms with Crippen LogP contribution in [-0.4, -0.2) is 51.3 Å². The average molecular weight is 497 g/mol. The fourth-order valence-corrected chi connectivity index (χ4v) is 4.74. The van der Waals surface area contributed by atoms with Gasteiger partial charge in [0.1, 0.15) is 11.6 Å². The number of aliphatic hydroxyl groups excluding tert-OH is 1. The van der Waals surface area contributed by atoms with Crippen molar-refractivity contribution in [1.29, 1.82) is 0 Å². The second-order valence-electron chi connectivity index (χ2n) is 9.31. The van der Waals surface area contributed by atoms with Crippen LogP contribution in [0, 0.1) is 0 Å². The number of nitrogens with one attached hydrogen (secondary N) is 1. The Morgan fingerprint density at radius 2 is 1.60 bits per heavy atom. The number of aliphatic hydroxyl groups is 1. The molecule has 188 valence electrons. The van der Waals surface area contributed by atoms with Gasteiger partial charge in [0.05, 0.1) is 5.52 Å². The number of hydrogen-bond donors (Lipinski definition) is 2. The van der Waals surface area contributed by atoms with Gasteiger partial charge in [0.25, 0.3) is 0 Å². The van der Waals surface area contributed by atoms with Crippen LogP contribution >= 0.6 is 11.6 Å². The van der Waals surface area contributed by atoms with Gasteiger partial charge in [0.2, 0.25) is 5.95 Å². The van der Waals surface area contributed by atoms with Crippen LogP contribution in [0.4, 0.5) is 11.6 Å². The van der Waals surface area contributed by atoms with Crippen LogP contribution in [0.2, 0.25) is 5.02 Å². The lowest BCUT2D eigenvalue weighted by molar-refractivity contribution is 0.283. The van der Waals surface area contributed by atoms with Crippen LogP contribution in [0.5, 0.6) is 0 Å². The van der Waals surface area contributed by atoms with E-state index in [4.69, 9.17) is 31.7 Å². The van der Waals surface area contributed by atoms with Crippen LogP contribution in [0.15, 0.2) is 30.5 Å². The van der Waals surface area contributed by atoms with E-state index >= 15 is 0 Å². The Morgan fingerprint density at radius 1 is 0.857 bits per heavy atom. The molecule has 1 saturated heterocycles. The van der Waals surface area contributed by atoms with Crippen LogP contribution < -0.4 is 10.2 Å². The van der Waals surface area contributed by atoms with Gasteiger partial charge in [-0.1, -0.05) is 24.4 Å². The summed E-state index contributed by atoms with van der Waals surface area (Å²) >= 11 is 6.10. The molecule has 3 heterocycles. The van der Waals surface area contributed by atoms with E-state index in [-0.39, 0.29) is 6.61 Å². The summed E-state index contributed by atoms with van der Waals surface area (Å²) in [6, 6.07) is 7.85. The number of halogens is 1. The minimum atomic E-state index is 0.252. The third-order valence-electron chi connectivity index (χ3n) is 6.51. The molecular weight excluding hydrogens is 460 g/mol. The van der Waals surface area contributed by atoms with Crippen molar-refractivity contribution in [3.8, 4) is 0 Å². The van der Waals surface area contributed by atoms with Gasteiger partial charge in [0, 0.05) is 61.4 Å². The quantitative estimate of drug-likeness (QED) is 0.298. The highest BCUT2D eigenvalue weighted by Gasteiger charge is 2.16. The summed E-state index contributed by atoms with van der Waals surface area (Å²) in [6.45, 7) is 3.24. The molecule has 0 atom stereocenters. The molecule has 4 rings (SSSR count). The van der Waals surface area contributed by atoms with Crippen molar-refractivity contribution in [2.45, 2.75) is 70.6 Å². The predicted octanol–water partition coefficient (Wildman–Crippen LogP) is 5.59. The van der Waals surface area contributed by atoms with Crippen molar-refractivity contribution in [2.24, 2.45) is 0 Å². The van der Waals surface area contributed by atoms with Gasteiger partial charge in [-0.3, -0.25) is 4.98 Å². The fourth-order valence-electron chi connectivity index (χ4n) is 4.57. The molecule has 2 aromatic heterocycles. The summed E-state index contributed by atoms with van der Waals surface area (Å²) in [5, 5.41) is 14.4. The molecule has 1 aromatic carbocycles. The molecule has 2 N–H and O–H groups in total. The number of pyridine rings is 1. The lowest BCUT2D eigenvalue weighted by atomic mass is 10.1. The van der Waals surface area contributed by atoms with Gasteiger partial charge >= 0.3 is 0 Å². The van der Waals surface area contributed by atoms with Crippen molar-refractivity contribution in [1.82, 2.24) is 19.9 Å². The molecule has 0 unspecified atom stereocenters. The summed E-state index contributed by atoms with van der Waals surface area (Å²) < 4.78 is 0. The zero-order valence-corrected chi connectivity index (χ0v) is 21.3. The minimum absolute atomic E-state index is 0.252. The smallest absolute Gasteiger partial charge is 0.228 e. The van der Waals surface area contributed by atoms with E-state index in [0.717, 1.165) is 105 Å². The van der Waals surface area contributed by atoms with Gasteiger partial charge in [-0.05, 0) is 69.2 Å². The number of anilines is 2. The molecule has 1 fully saturated rings. The fraction of sp³-hybridized carbons (Fsp3) is 0.556. The highest BCUT2D eigenvalue weighted by atomic mass is 35.5. The van der Waals surface area contributed by atoms with E-state index in [9.17, 15) is 0 Å². The summed E-state index contributed by atoms with van der Waals surface area (Å²) in [5.41, 5.74) is 2.01. The van der Waals surface area contributed by atoms with Crippen LogP contribution in [0.3, 0.4) is 0 Å². The van der Waals surface area contributed by atoms with Gasteiger partial charge in [0.15, 0.2) is 0 Å². The maximum Gasteiger partial charge on any atom is 0.228 e. The molecule has 0 radical (unpaired) electrons. The van der Waals surface area contributed by atoms with Crippen LogP contribution in [-0.2, 0) is 12.8 Å². The number of aromatic nitrogens is 4. The van der Waals surface area contributed by atoms with E-state index in [2.05, 4.69) is 15.2 Å². The van der Waals surface area contributed by atoms with E-state index in [1.54, 1.807) is 0 Å². The molecule has 0 amide bonds. The van der Waals surface area contributed by atoms with Crippen LogP contribution in [0.1, 0.15) is 69.4 Å². The molecule has 3 aromatic rings. The highest BCUT2D eigenvalue weighted by Crippen LogP contribution is 2.24. The third-order valence-corrected chi connectivity index (χ3v) is 6.75. The first-order valence-electron chi connectivity index (χ1n) is 13.1. The van der Waals surface area contributed by atoms with Crippen LogP contribution in [0.25, 0.3) is 10.9 Å². The Balaban J connectivity index is 1.28. The number of nitrogens with zero attached hydrogens (tertiary/aromatic N) is 5. The first-order chi connectivity index (χ1) is 17.2. The van der Waals surface area contributed by atoms with Gasteiger partial charge in [-0.2, -0.15) is 9.97 Å². The topological polar surface area (TPSA) is 87.1 Å². The SMILES string of the molecule is OCCCCCc1nc(CCCCCNc2ccnc3cc(Cl)ccc23)nc(N2CCCCC2)n1. The number of unbranched alkanes of at least 4 members (excludes halogenated alkanes) is 4. The van der Waals surface area contributed by atoms with Gasteiger partial charge in [-0.25, -0.2) is 4.98 Å². The zero-order valence-electron chi connectivity index (χ0n) is 20.6. The Bertz CT molecular complexity index is 1070. The summed E-state index contributed by atoms with van der Waals surface area (Å²) in [4.78, 5) is 21.2. The third kappa shape index (κ3) is 7.74. The zero-order chi connectivity index (χ0) is 24.3. The highest BCUT2D eigenvalue weighted by molar-refractivity contribution is 6.31. The molecular formula is C27H37ClN6O. The maximum atomic E-state index is 9.04. The molecule has 8 heteroatoms. The Hall–Kier alpha value is -2.51. The number of hydrogen-bond acceptors (Lipinski definition) is 7. The van der Waals surface area contributed by atoms with Crippen molar-refractivity contribution in [2.75, 3.05) is 36.5 Å². The first kappa shape index (κ1) is 25.6. The molecule has 7 nitrogen and oxygen atoms in total. The first-order valence-corrected chi connectivity index (χ1v) is 13.5. The minimum Gasteiger partial charge on any atom is -0.396 e. The second-order valence-corrected chi connectivity index (χ2v) is 9.74. The Morgan fingerprint density at radius 3 is 2.34 bits per heavy atom. The lowest BCUT2D eigenvalue weighted by Gasteiger charge is -2.27. The molecule has 0 saturated carbocycles. The lowest BCUT2D eigenvalue weighted by Crippen LogP contribution is -2.31. The van der Waals surface area contributed by atoms with Crippen molar-refractivity contribution in [3.05, 3.63) is 47.1 Å². The summed E-state index contributed by atoms with van der Waals surface area (Å²) in [7, 11) is 0. The number of rotatable bonds is 13. The van der Waals surface area contributed by atoms with Crippen molar-refractivity contribution in [3.63, 3.8) is 0 Å². The normalized spacial score (nSPS) is 13.9. The number of fused-ring (bicyclic) bond motifs is 1. The molecule has 0 bridgehead atoms. The second kappa shape index (κ2) is 13.5. The summed E-state index contributed by atoms with van der Waals surface area (Å²) in [6.07, 6.45) is 13.4. The number of piperidine rings is 1. The monoisotopic (exact) mass is 496 g/mol. The molecule has 35 heavy (non-hydrogen) atoms. The van der Waals surface area contributed by atoms with Gasteiger partial charge < -0.3 is 15.3 Å². The van der Waals surface area contributed by atoms with E-state index in [0.29, 0.717) is 5.02 Å². The number of benzene rings is 1. The Labute approximate surface area is 213 Å². The molecule has 1 aliphatic heterocycles. The number of aryl methyl sites for hydroxylation is 2.